The van der Waals surface area contributed by atoms with Crippen LogP contribution < -0.4 is 5.73 Å². The lowest BCUT2D eigenvalue weighted by atomic mass is 10.2. The minimum absolute atomic E-state index is 0.0227. The number of nitrogen functional groups attached to an aromatic ring is 1. The van der Waals surface area contributed by atoms with Crippen LogP contribution in [0, 0.1) is 22.7 Å². The molecule has 8 heteroatoms. The number of carbonyl (C=O) groups is 1. The summed E-state index contributed by atoms with van der Waals surface area (Å²) in [4.78, 5) is 19.9. The highest BCUT2D eigenvalue weighted by molar-refractivity contribution is 8.00. The second-order valence-electron chi connectivity index (χ2n) is 5.55. The second-order valence-corrected chi connectivity index (χ2v) is 7.49. The number of nitrogens with zero attached hydrogens (tertiary/aromatic N) is 4. The number of likely N-dealkylation sites (tertiary alicyclic amines) is 1. The molecule has 1 aliphatic heterocycles. The van der Waals surface area contributed by atoms with Crippen molar-refractivity contribution in [3.05, 3.63) is 39.6 Å². The maximum absolute atomic E-state index is 12.6. The lowest BCUT2D eigenvalue weighted by molar-refractivity contribution is -0.129. The van der Waals surface area contributed by atoms with Gasteiger partial charge in [-0.2, -0.15) is 10.5 Å². The van der Waals surface area contributed by atoms with E-state index in [1.165, 1.54) is 22.7 Å². The van der Waals surface area contributed by atoms with Crippen molar-refractivity contribution in [3.8, 4) is 12.1 Å². The number of hydrogen-bond acceptors (Lipinski definition) is 7. The molecular formula is C17H15N5OS2. The second kappa shape index (κ2) is 7.56. The molecule has 126 valence electrons. The minimum Gasteiger partial charge on any atom is -0.383 e. The summed E-state index contributed by atoms with van der Waals surface area (Å²) in [6, 6.07) is 9.53. The molecule has 6 nitrogen and oxygen atoms in total. The van der Waals surface area contributed by atoms with Gasteiger partial charge in [0.15, 0.2) is 0 Å². The number of rotatable bonds is 4. The van der Waals surface area contributed by atoms with Crippen LogP contribution in [0.2, 0.25) is 0 Å². The van der Waals surface area contributed by atoms with Gasteiger partial charge in [0, 0.05) is 11.4 Å². The molecule has 3 rings (SSSR count). The van der Waals surface area contributed by atoms with Gasteiger partial charge in [-0.1, -0.05) is 17.8 Å². The third kappa shape index (κ3) is 3.60. The fraction of sp³-hybridized carbons (Fsp3) is 0.294. The van der Waals surface area contributed by atoms with Gasteiger partial charge in [-0.05, 0) is 30.4 Å². The maximum Gasteiger partial charge on any atom is 0.233 e. The fourth-order valence-corrected chi connectivity index (χ4v) is 4.57. The topological polar surface area (TPSA) is 107 Å². The van der Waals surface area contributed by atoms with Crippen molar-refractivity contribution in [2.45, 2.75) is 23.9 Å². The number of thiophene rings is 1. The van der Waals surface area contributed by atoms with Crippen molar-refractivity contribution >= 4 is 34.8 Å². The Morgan fingerprint density at radius 2 is 2.24 bits per heavy atom. The first-order valence-corrected chi connectivity index (χ1v) is 9.57. The number of aromatic nitrogens is 1. The third-order valence-electron chi connectivity index (χ3n) is 4.04. The normalized spacial score (nSPS) is 16.4. The molecule has 0 bridgehead atoms. The number of thioether (sulfide) groups is 1. The number of anilines is 1. The molecule has 1 aliphatic rings. The van der Waals surface area contributed by atoms with Gasteiger partial charge in [0.2, 0.25) is 5.91 Å². The zero-order valence-corrected chi connectivity index (χ0v) is 14.9. The summed E-state index contributed by atoms with van der Waals surface area (Å²) < 4.78 is 0. The molecule has 1 atom stereocenters. The van der Waals surface area contributed by atoms with Crippen LogP contribution in [0.3, 0.4) is 0 Å². The van der Waals surface area contributed by atoms with E-state index in [-0.39, 0.29) is 34.6 Å². The lowest BCUT2D eigenvalue weighted by Crippen LogP contribution is -2.31. The Balaban J connectivity index is 1.72. The van der Waals surface area contributed by atoms with Crippen molar-refractivity contribution < 1.29 is 4.79 Å². The number of nitrogens with two attached hydrogens (primary N) is 1. The van der Waals surface area contributed by atoms with E-state index >= 15 is 0 Å². The first-order chi connectivity index (χ1) is 12.1. The number of nitriles is 2. The first-order valence-electron chi connectivity index (χ1n) is 7.70. The number of hydrogen-bond donors (Lipinski definition) is 1. The van der Waals surface area contributed by atoms with Gasteiger partial charge in [0.1, 0.15) is 23.0 Å². The quantitative estimate of drug-likeness (QED) is 0.830. The molecular weight excluding hydrogens is 354 g/mol. The first kappa shape index (κ1) is 17.3. The Hall–Kier alpha value is -2.55. The molecule has 2 aromatic heterocycles. The van der Waals surface area contributed by atoms with Crippen molar-refractivity contribution in [1.29, 1.82) is 10.5 Å². The van der Waals surface area contributed by atoms with E-state index in [1.54, 1.807) is 11.3 Å². The summed E-state index contributed by atoms with van der Waals surface area (Å²) in [7, 11) is 0. The molecule has 0 aromatic carbocycles. The van der Waals surface area contributed by atoms with Crippen molar-refractivity contribution in [2.24, 2.45) is 0 Å². The van der Waals surface area contributed by atoms with Crippen molar-refractivity contribution in [2.75, 3.05) is 18.0 Å². The highest BCUT2D eigenvalue weighted by Crippen LogP contribution is 2.35. The Labute approximate surface area is 153 Å². The average molecular weight is 369 g/mol. The predicted molar refractivity (Wildman–Crippen MR) is 96.8 cm³/mol. The van der Waals surface area contributed by atoms with Crippen LogP contribution in [0.25, 0.3) is 0 Å². The molecule has 2 aromatic rings. The van der Waals surface area contributed by atoms with E-state index in [1.807, 2.05) is 28.5 Å². The molecule has 1 saturated heterocycles. The summed E-state index contributed by atoms with van der Waals surface area (Å²) in [5.41, 5.74) is 6.15. The molecule has 0 spiro atoms. The minimum atomic E-state index is 0.0227. The predicted octanol–water partition coefficient (Wildman–Crippen LogP) is 2.92. The van der Waals surface area contributed by atoms with Gasteiger partial charge in [-0.25, -0.2) is 4.98 Å². The van der Waals surface area contributed by atoms with Gasteiger partial charge in [0.25, 0.3) is 0 Å². The lowest BCUT2D eigenvalue weighted by Gasteiger charge is -2.23. The molecule has 1 unspecified atom stereocenters. The number of carbonyl (C=O) groups excluding carboxylic acids is 1. The zero-order chi connectivity index (χ0) is 17.8. The average Bonchev–Trinajstić information content (AvgIpc) is 3.30. The SMILES string of the molecule is N#Cc1cc(C#N)c(SCC(=O)N2CCCC2c2cccs2)nc1N. The van der Waals surface area contributed by atoms with Crippen LogP contribution in [-0.4, -0.2) is 28.1 Å². The van der Waals surface area contributed by atoms with Gasteiger partial charge < -0.3 is 10.6 Å². The highest BCUT2D eigenvalue weighted by atomic mass is 32.2. The van der Waals surface area contributed by atoms with Gasteiger partial charge in [-0.3, -0.25) is 4.79 Å². The summed E-state index contributed by atoms with van der Waals surface area (Å²) >= 11 is 2.85. The van der Waals surface area contributed by atoms with Crippen molar-refractivity contribution in [3.63, 3.8) is 0 Å². The van der Waals surface area contributed by atoms with Crippen LogP contribution in [0.5, 0.6) is 0 Å². The van der Waals surface area contributed by atoms with Crippen LogP contribution in [-0.2, 0) is 4.79 Å². The van der Waals surface area contributed by atoms with E-state index in [4.69, 9.17) is 11.0 Å². The molecule has 0 aliphatic carbocycles. The number of pyridine rings is 1. The van der Waals surface area contributed by atoms with Crippen LogP contribution in [0.1, 0.15) is 34.9 Å². The van der Waals surface area contributed by atoms with Crippen LogP contribution in [0.4, 0.5) is 5.82 Å². The summed E-state index contributed by atoms with van der Waals surface area (Å²) in [6.07, 6.45) is 1.97. The Morgan fingerprint density at radius 3 is 2.92 bits per heavy atom. The molecule has 1 fully saturated rings. The molecule has 0 radical (unpaired) electrons. The van der Waals surface area contributed by atoms with Gasteiger partial charge in [-0.15, -0.1) is 11.3 Å². The van der Waals surface area contributed by atoms with E-state index in [9.17, 15) is 10.1 Å². The smallest absolute Gasteiger partial charge is 0.233 e. The standard InChI is InChI=1S/C17H15N5OS2/c18-8-11-7-12(9-19)17(21-16(11)20)25-10-15(23)22-5-1-3-13(22)14-4-2-6-24-14/h2,4,6-7,13H,1,3,5,10H2,(H2,20,21). The summed E-state index contributed by atoms with van der Waals surface area (Å²) in [6.45, 7) is 0.746. The number of amides is 1. The highest BCUT2D eigenvalue weighted by Gasteiger charge is 2.30. The Kier molecular flexibility index (Phi) is 5.22. The van der Waals surface area contributed by atoms with Gasteiger partial charge in [0.05, 0.1) is 22.9 Å². The molecule has 25 heavy (non-hydrogen) atoms. The largest absolute Gasteiger partial charge is 0.383 e. The summed E-state index contributed by atoms with van der Waals surface area (Å²) in [5, 5.41) is 20.6. The van der Waals surface area contributed by atoms with E-state index in [2.05, 4.69) is 11.1 Å². The monoisotopic (exact) mass is 369 g/mol. The molecule has 2 N–H and O–H groups in total. The molecule has 3 heterocycles. The zero-order valence-electron chi connectivity index (χ0n) is 13.3. The Bertz CT molecular complexity index is 866. The van der Waals surface area contributed by atoms with Gasteiger partial charge >= 0.3 is 0 Å². The van der Waals surface area contributed by atoms with E-state index in [0.29, 0.717) is 5.03 Å². The third-order valence-corrected chi connectivity index (χ3v) is 5.98. The molecule has 1 amide bonds. The summed E-state index contributed by atoms with van der Waals surface area (Å²) in [5.74, 6) is 0.290. The van der Waals surface area contributed by atoms with E-state index in [0.717, 1.165) is 19.4 Å². The fourth-order valence-electron chi connectivity index (χ4n) is 2.84. The van der Waals surface area contributed by atoms with Crippen molar-refractivity contribution in [1.82, 2.24) is 9.88 Å². The van der Waals surface area contributed by atoms with E-state index < -0.39 is 0 Å². The van der Waals surface area contributed by atoms with Crippen LogP contribution in [0.15, 0.2) is 28.6 Å². The van der Waals surface area contributed by atoms with Crippen LogP contribution >= 0.6 is 23.1 Å². The Morgan fingerprint density at radius 1 is 1.44 bits per heavy atom. The maximum atomic E-state index is 12.6. The molecule has 0 saturated carbocycles.